The smallest absolute Gasteiger partial charge is 0.335 e. The Morgan fingerprint density at radius 2 is 1.97 bits per heavy atom. The molecule has 0 unspecified atom stereocenters. The lowest BCUT2D eigenvalue weighted by Crippen LogP contribution is -2.21. The number of rotatable bonds is 9. The fourth-order valence-corrected chi connectivity index (χ4v) is 3.36. The Balaban J connectivity index is 2.77. The highest BCUT2D eigenvalue weighted by atomic mass is 16.5. The Bertz CT molecular complexity index is 976. The van der Waals surface area contributed by atoms with Gasteiger partial charge in [0.15, 0.2) is 0 Å². The van der Waals surface area contributed by atoms with Gasteiger partial charge in [0.05, 0.1) is 0 Å². The number of allylic oxidation sites excluding steroid dienone is 2. The first-order chi connectivity index (χ1) is 14.4. The van der Waals surface area contributed by atoms with E-state index in [0.29, 0.717) is 34.4 Å². The highest BCUT2D eigenvalue weighted by Gasteiger charge is 2.21. The summed E-state index contributed by atoms with van der Waals surface area (Å²) < 4.78 is 5.43. The van der Waals surface area contributed by atoms with Gasteiger partial charge in [-0.25, -0.2) is 4.79 Å². The van der Waals surface area contributed by atoms with Crippen LogP contribution in [-0.4, -0.2) is 30.0 Å². The van der Waals surface area contributed by atoms with Crippen LogP contribution in [0.5, 0.6) is 11.5 Å². The van der Waals surface area contributed by atoms with Crippen molar-refractivity contribution in [3.05, 3.63) is 66.3 Å². The average Bonchev–Trinajstić information content (AvgIpc) is 2.73. The number of benzene rings is 2. The minimum Gasteiger partial charge on any atom is -0.507 e. The Morgan fingerprint density at radius 3 is 2.50 bits per heavy atom. The molecular weight excluding hydrogens is 378 g/mol. The molecule has 2 aromatic carbocycles. The van der Waals surface area contributed by atoms with Crippen LogP contribution in [0.1, 0.15) is 31.9 Å². The summed E-state index contributed by atoms with van der Waals surface area (Å²) in [6.07, 6.45) is 5.32. The van der Waals surface area contributed by atoms with Gasteiger partial charge >= 0.3 is 5.97 Å². The zero-order valence-electron chi connectivity index (χ0n) is 17.7. The van der Waals surface area contributed by atoms with Gasteiger partial charge in [0.2, 0.25) is 0 Å². The molecule has 0 fully saturated rings. The topological polar surface area (TPSA) is 99.6 Å². The zero-order chi connectivity index (χ0) is 22.3. The number of carbonyl (C=O) groups excluding carboxylic acids is 1. The van der Waals surface area contributed by atoms with Crippen LogP contribution in [0.25, 0.3) is 11.1 Å². The van der Waals surface area contributed by atoms with E-state index >= 15 is 0 Å². The molecule has 158 valence electrons. The third-order valence-electron chi connectivity index (χ3n) is 4.87. The minimum atomic E-state index is -0.584. The van der Waals surface area contributed by atoms with Gasteiger partial charge in [0, 0.05) is 53.2 Å². The number of ether oxygens (including phenoxy) is 1. The second kappa shape index (κ2) is 10.3. The normalized spacial score (nSPS) is 10.8. The molecule has 0 spiro atoms. The maximum atomic E-state index is 11.8. The SMILES string of the molecule is C=CC(=O)Oc1ccc(C(=N)N)c(-c2ccc(N(CC)CC)cc2O)c1CC=CC. The third-order valence-corrected chi connectivity index (χ3v) is 4.87. The lowest BCUT2D eigenvalue weighted by atomic mass is 9.90. The van der Waals surface area contributed by atoms with E-state index in [9.17, 15) is 9.90 Å². The van der Waals surface area contributed by atoms with Crippen LogP contribution in [0.4, 0.5) is 5.69 Å². The maximum Gasteiger partial charge on any atom is 0.335 e. The highest BCUT2D eigenvalue weighted by Crippen LogP contribution is 2.40. The molecule has 0 aliphatic carbocycles. The predicted octanol–water partition coefficient (Wildman–Crippen LogP) is 4.40. The molecule has 2 aromatic rings. The summed E-state index contributed by atoms with van der Waals surface area (Å²) in [6, 6.07) is 8.67. The van der Waals surface area contributed by atoms with E-state index in [4.69, 9.17) is 15.9 Å². The van der Waals surface area contributed by atoms with Crippen molar-refractivity contribution in [2.75, 3.05) is 18.0 Å². The van der Waals surface area contributed by atoms with Crippen molar-refractivity contribution < 1.29 is 14.6 Å². The second-order valence-corrected chi connectivity index (χ2v) is 6.65. The molecule has 30 heavy (non-hydrogen) atoms. The maximum absolute atomic E-state index is 11.8. The molecular formula is C24H29N3O3. The molecule has 2 rings (SSSR count). The van der Waals surface area contributed by atoms with Crippen molar-refractivity contribution in [3.63, 3.8) is 0 Å². The molecule has 0 bridgehead atoms. The van der Waals surface area contributed by atoms with E-state index in [2.05, 4.69) is 25.3 Å². The average molecular weight is 408 g/mol. The standard InChI is InChI=1S/C24H29N3O3/c1-5-9-10-18-21(30-22(29)6-2)14-13-19(24(25)26)23(18)17-12-11-16(15-20(17)28)27(7-3)8-4/h5-6,9,11-15,28H,2,7-8,10H2,1,3-4H3,(H3,25,26). The van der Waals surface area contributed by atoms with E-state index in [-0.39, 0.29) is 11.6 Å². The summed E-state index contributed by atoms with van der Waals surface area (Å²) in [5.74, 6) is -0.319. The summed E-state index contributed by atoms with van der Waals surface area (Å²) in [5.41, 5.74) is 8.95. The van der Waals surface area contributed by atoms with Gasteiger partial charge in [-0.05, 0) is 51.5 Å². The molecule has 0 aliphatic rings. The van der Waals surface area contributed by atoms with Crippen LogP contribution in [0.15, 0.2) is 55.1 Å². The van der Waals surface area contributed by atoms with Crippen LogP contribution in [0, 0.1) is 5.41 Å². The quantitative estimate of drug-likeness (QED) is 0.143. The van der Waals surface area contributed by atoms with Crippen molar-refractivity contribution in [1.82, 2.24) is 0 Å². The van der Waals surface area contributed by atoms with Crippen LogP contribution >= 0.6 is 0 Å². The van der Waals surface area contributed by atoms with Gasteiger partial charge in [0.25, 0.3) is 0 Å². The van der Waals surface area contributed by atoms with Gasteiger partial charge in [-0.3, -0.25) is 5.41 Å². The summed E-state index contributed by atoms with van der Waals surface area (Å²) >= 11 is 0. The van der Waals surface area contributed by atoms with Crippen LogP contribution in [-0.2, 0) is 11.2 Å². The van der Waals surface area contributed by atoms with Crippen molar-refractivity contribution in [3.8, 4) is 22.6 Å². The van der Waals surface area contributed by atoms with Crippen molar-refractivity contribution in [1.29, 1.82) is 5.41 Å². The Labute approximate surface area is 177 Å². The largest absolute Gasteiger partial charge is 0.507 e. The number of hydrogen-bond acceptors (Lipinski definition) is 5. The number of amidine groups is 1. The third kappa shape index (κ3) is 4.89. The summed E-state index contributed by atoms with van der Waals surface area (Å²) in [7, 11) is 0. The number of hydrogen-bond donors (Lipinski definition) is 3. The van der Waals surface area contributed by atoms with Crippen molar-refractivity contribution in [2.45, 2.75) is 27.2 Å². The first-order valence-corrected chi connectivity index (χ1v) is 9.91. The van der Waals surface area contributed by atoms with Gasteiger partial charge in [-0.1, -0.05) is 18.7 Å². The van der Waals surface area contributed by atoms with E-state index in [0.717, 1.165) is 24.9 Å². The van der Waals surface area contributed by atoms with E-state index < -0.39 is 5.97 Å². The molecule has 0 amide bonds. The number of anilines is 1. The molecule has 6 nitrogen and oxygen atoms in total. The molecule has 0 saturated heterocycles. The second-order valence-electron chi connectivity index (χ2n) is 6.65. The molecule has 0 heterocycles. The molecule has 0 atom stereocenters. The number of carbonyl (C=O) groups is 1. The van der Waals surface area contributed by atoms with Crippen molar-refractivity contribution in [2.24, 2.45) is 5.73 Å². The first-order valence-electron chi connectivity index (χ1n) is 9.91. The molecule has 0 aliphatic heterocycles. The lowest BCUT2D eigenvalue weighted by molar-refractivity contribution is -0.129. The van der Waals surface area contributed by atoms with Gasteiger partial charge in [-0.2, -0.15) is 0 Å². The summed E-state index contributed by atoms with van der Waals surface area (Å²) in [6.45, 7) is 11.1. The Kier molecular flexibility index (Phi) is 7.81. The first kappa shape index (κ1) is 22.7. The Morgan fingerprint density at radius 1 is 1.27 bits per heavy atom. The molecule has 6 heteroatoms. The molecule has 4 N–H and O–H groups in total. The molecule has 0 aromatic heterocycles. The highest BCUT2D eigenvalue weighted by molar-refractivity contribution is 6.04. The summed E-state index contributed by atoms with van der Waals surface area (Å²) in [4.78, 5) is 14.0. The zero-order valence-corrected chi connectivity index (χ0v) is 17.7. The number of phenolic OH excluding ortho intramolecular Hbond substituents is 1. The monoisotopic (exact) mass is 407 g/mol. The van der Waals surface area contributed by atoms with Crippen LogP contribution in [0.3, 0.4) is 0 Å². The number of esters is 1. The van der Waals surface area contributed by atoms with Gasteiger partial charge < -0.3 is 20.5 Å². The number of nitrogens with one attached hydrogen (secondary N) is 1. The fraction of sp³-hybridized carbons (Fsp3) is 0.250. The number of nitrogen functional groups attached to an aromatic ring is 1. The van der Waals surface area contributed by atoms with Crippen molar-refractivity contribution >= 4 is 17.5 Å². The van der Waals surface area contributed by atoms with Crippen LogP contribution < -0.4 is 15.4 Å². The predicted molar refractivity (Wildman–Crippen MR) is 122 cm³/mol. The lowest BCUT2D eigenvalue weighted by Gasteiger charge is -2.23. The fourth-order valence-electron chi connectivity index (χ4n) is 3.36. The van der Waals surface area contributed by atoms with E-state index in [1.54, 1.807) is 18.2 Å². The number of aromatic hydroxyl groups is 1. The van der Waals surface area contributed by atoms with Gasteiger partial charge in [-0.15, -0.1) is 0 Å². The summed E-state index contributed by atoms with van der Waals surface area (Å²) in [5, 5.41) is 18.9. The van der Waals surface area contributed by atoms with Crippen LogP contribution in [0.2, 0.25) is 0 Å². The molecule has 0 radical (unpaired) electrons. The number of phenols is 1. The molecule has 0 saturated carbocycles. The van der Waals surface area contributed by atoms with E-state index in [1.165, 1.54) is 0 Å². The number of nitrogens with zero attached hydrogens (tertiary/aromatic N) is 1. The van der Waals surface area contributed by atoms with E-state index in [1.807, 2.05) is 31.2 Å². The minimum absolute atomic E-state index is 0.0656. The Hall–Kier alpha value is -3.54. The van der Waals surface area contributed by atoms with Gasteiger partial charge in [0.1, 0.15) is 17.3 Å². The number of nitrogens with two attached hydrogens (primary N) is 1.